The second-order valence-electron chi connectivity index (χ2n) is 12.8. The van der Waals surface area contributed by atoms with E-state index in [1.165, 1.54) is 57.8 Å². The van der Waals surface area contributed by atoms with Gasteiger partial charge in [0, 0.05) is 9.15 Å². The standard InChI is InChI=1S/C27H46Br2O/c1-17(2)7-6-8-18(3)21-9-10-22-20-15-24(28)27(29)16-19(30)11-14-26(27,5)23(20)12-13-25(21,22)4/h17-24,30H,6-16H2,1-5H3/t18?,19?,20?,21?,22?,23?,24?,25?,26?,27-/m0/s1. The number of hydrogen-bond acceptors (Lipinski definition) is 1. The quantitative estimate of drug-likeness (QED) is 0.344. The normalized spacial score (nSPS) is 51.9. The Labute approximate surface area is 203 Å². The van der Waals surface area contributed by atoms with Crippen molar-refractivity contribution >= 4 is 31.9 Å². The Hall–Kier alpha value is 0.920. The molecule has 0 spiro atoms. The fourth-order valence-electron chi connectivity index (χ4n) is 9.19. The molecule has 174 valence electrons. The first-order chi connectivity index (χ1) is 14.0. The van der Waals surface area contributed by atoms with Crippen molar-refractivity contribution in [2.75, 3.05) is 0 Å². The Kier molecular flexibility index (Phi) is 6.90. The van der Waals surface area contributed by atoms with E-state index in [9.17, 15) is 5.11 Å². The molecular formula is C27H46Br2O. The smallest absolute Gasteiger partial charge is 0.0554 e. The summed E-state index contributed by atoms with van der Waals surface area (Å²) in [7, 11) is 0. The maximum absolute atomic E-state index is 10.5. The van der Waals surface area contributed by atoms with E-state index in [2.05, 4.69) is 66.5 Å². The van der Waals surface area contributed by atoms with Crippen LogP contribution in [0.3, 0.4) is 0 Å². The van der Waals surface area contributed by atoms with Gasteiger partial charge in [0.25, 0.3) is 0 Å². The zero-order valence-electron chi connectivity index (χ0n) is 20.1. The highest BCUT2D eigenvalue weighted by Gasteiger charge is 2.66. The van der Waals surface area contributed by atoms with Crippen LogP contribution in [0.5, 0.6) is 0 Å². The van der Waals surface area contributed by atoms with Crippen molar-refractivity contribution in [3.8, 4) is 0 Å². The molecule has 0 aliphatic heterocycles. The van der Waals surface area contributed by atoms with Crippen molar-refractivity contribution in [2.24, 2.45) is 46.3 Å². The van der Waals surface area contributed by atoms with Gasteiger partial charge < -0.3 is 5.11 Å². The summed E-state index contributed by atoms with van der Waals surface area (Å²) in [4.78, 5) is 0.482. The van der Waals surface area contributed by atoms with Gasteiger partial charge in [-0.15, -0.1) is 0 Å². The summed E-state index contributed by atoms with van der Waals surface area (Å²) in [5, 5.41) is 10.5. The van der Waals surface area contributed by atoms with Crippen molar-refractivity contribution in [1.29, 1.82) is 0 Å². The van der Waals surface area contributed by atoms with E-state index in [1.54, 1.807) is 0 Å². The maximum Gasteiger partial charge on any atom is 0.0554 e. The van der Waals surface area contributed by atoms with Crippen LogP contribution in [-0.2, 0) is 0 Å². The maximum atomic E-state index is 10.5. The average molecular weight is 546 g/mol. The van der Waals surface area contributed by atoms with Crippen LogP contribution in [0.1, 0.15) is 105 Å². The lowest BCUT2D eigenvalue weighted by Crippen LogP contribution is -2.64. The van der Waals surface area contributed by atoms with Gasteiger partial charge in [-0.2, -0.15) is 0 Å². The van der Waals surface area contributed by atoms with Crippen molar-refractivity contribution in [2.45, 2.75) is 121 Å². The predicted molar refractivity (Wildman–Crippen MR) is 135 cm³/mol. The van der Waals surface area contributed by atoms with Gasteiger partial charge in [0.2, 0.25) is 0 Å². The number of fused-ring (bicyclic) bond motifs is 5. The summed E-state index contributed by atoms with van der Waals surface area (Å²) >= 11 is 8.41. The first kappa shape index (κ1) is 24.1. The lowest BCUT2D eigenvalue weighted by Gasteiger charge is -2.65. The molecule has 4 rings (SSSR count). The molecule has 0 aromatic rings. The monoisotopic (exact) mass is 544 g/mol. The number of alkyl halides is 2. The van der Waals surface area contributed by atoms with Gasteiger partial charge in [-0.3, -0.25) is 0 Å². The van der Waals surface area contributed by atoms with E-state index in [0.717, 1.165) is 48.3 Å². The molecule has 0 aromatic heterocycles. The van der Waals surface area contributed by atoms with Crippen molar-refractivity contribution in [3.05, 3.63) is 0 Å². The molecule has 0 radical (unpaired) electrons. The molecule has 4 aliphatic rings. The third-order valence-corrected chi connectivity index (χ3v) is 14.5. The molecule has 1 nitrogen and oxygen atoms in total. The first-order valence-corrected chi connectivity index (χ1v) is 14.7. The number of aliphatic hydroxyl groups is 1. The van der Waals surface area contributed by atoms with Crippen molar-refractivity contribution in [1.82, 2.24) is 0 Å². The van der Waals surface area contributed by atoms with E-state index in [-0.39, 0.29) is 10.4 Å². The first-order valence-electron chi connectivity index (χ1n) is 13.0. The number of halogens is 2. The molecule has 4 saturated carbocycles. The number of hydrogen-bond donors (Lipinski definition) is 1. The molecule has 0 aromatic carbocycles. The van der Waals surface area contributed by atoms with Gasteiger partial charge in [0.05, 0.1) is 6.10 Å². The molecule has 0 bridgehead atoms. The molecule has 1 N–H and O–H groups in total. The fourth-order valence-corrected chi connectivity index (χ4v) is 11.4. The lowest BCUT2D eigenvalue weighted by molar-refractivity contribution is -0.111. The van der Waals surface area contributed by atoms with Gasteiger partial charge in [-0.1, -0.05) is 85.7 Å². The lowest BCUT2D eigenvalue weighted by atomic mass is 9.44. The van der Waals surface area contributed by atoms with E-state index in [0.29, 0.717) is 15.7 Å². The second-order valence-corrected chi connectivity index (χ2v) is 15.3. The third kappa shape index (κ3) is 3.71. The molecule has 4 aliphatic carbocycles. The van der Waals surface area contributed by atoms with Gasteiger partial charge in [0.15, 0.2) is 0 Å². The van der Waals surface area contributed by atoms with Gasteiger partial charge >= 0.3 is 0 Å². The van der Waals surface area contributed by atoms with Gasteiger partial charge in [-0.25, -0.2) is 0 Å². The van der Waals surface area contributed by atoms with Crippen LogP contribution in [0.2, 0.25) is 0 Å². The molecule has 0 amide bonds. The third-order valence-electron chi connectivity index (χ3n) is 10.9. The fraction of sp³-hybridized carbons (Fsp3) is 1.00. The zero-order chi connectivity index (χ0) is 21.9. The van der Waals surface area contributed by atoms with Crippen LogP contribution >= 0.6 is 31.9 Å². The second kappa shape index (κ2) is 8.61. The van der Waals surface area contributed by atoms with E-state index in [1.807, 2.05) is 0 Å². The van der Waals surface area contributed by atoms with E-state index in [4.69, 9.17) is 0 Å². The van der Waals surface area contributed by atoms with Gasteiger partial charge in [-0.05, 0) is 97.7 Å². The highest BCUT2D eigenvalue weighted by atomic mass is 79.9. The van der Waals surface area contributed by atoms with Crippen LogP contribution in [-0.4, -0.2) is 20.4 Å². The van der Waals surface area contributed by atoms with Crippen LogP contribution in [0.15, 0.2) is 0 Å². The molecule has 3 heteroatoms. The summed E-state index contributed by atoms with van der Waals surface area (Å²) in [6.07, 6.45) is 14.3. The number of aliphatic hydroxyl groups excluding tert-OH is 1. The molecule has 4 fully saturated rings. The van der Waals surface area contributed by atoms with Crippen molar-refractivity contribution in [3.63, 3.8) is 0 Å². The Morgan fingerprint density at radius 3 is 2.40 bits per heavy atom. The van der Waals surface area contributed by atoms with Gasteiger partial charge in [0.1, 0.15) is 0 Å². The Balaban J connectivity index is 1.53. The largest absolute Gasteiger partial charge is 0.393 e. The SMILES string of the molecule is CC(C)CCCC(C)C1CCC2C3CC(Br)[C@@]4(Br)CC(O)CCC4(C)C3CCC12C. The highest BCUT2D eigenvalue weighted by molar-refractivity contribution is 9.12. The summed E-state index contributed by atoms with van der Waals surface area (Å²) < 4.78 is 0.0642. The van der Waals surface area contributed by atoms with E-state index >= 15 is 0 Å². The summed E-state index contributed by atoms with van der Waals surface area (Å²) in [5.74, 6) is 5.26. The molecule has 30 heavy (non-hydrogen) atoms. The Morgan fingerprint density at radius 2 is 1.70 bits per heavy atom. The summed E-state index contributed by atoms with van der Waals surface area (Å²) in [6.45, 7) is 12.6. The topological polar surface area (TPSA) is 20.2 Å². The zero-order valence-corrected chi connectivity index (χ0v) is 23.3. The van der Waals surface area contributed by atoms with Crippen LogP contribution in [0.4, 0.5) is 0 Å². The molecule has 9 unspecified atom stereocenters. The van der Waals surface area contributed by atoms with Crippen LogP contribution in [0, 0.1) is 46.3 Å². The van der Waals surface area contributed by atoms with Crippen molar-refractivity contribution < 1.29 is 5.11 Å². The predicted octanol–water partition coefficient (Wildman–Crippen LogP) is 8.36. The number of rotatable bonds is 5. The summed E-state index contributed by atoms with van der Waals surface area (Å²) in [5.41, 5.74) is 0.869. The summed E-state index contributed by atoms with van der Waals surface area (Å²) in [6, 6.07) is 0. The van der Waals surface area contributed by atoms with E-state index < -0.39 is 0 Å². The highest BCUT2D eigenvalue weighted by Crippen LogP contribution is 2.71. The average Bonchev–Trinajstić information content (AvgIpc) is 3.01. The minimum atomic E-state index is -0.134. The molecular weight excluding hydrogens is 500 g/mol. The molecule has 10 atom stereocenters. The minimum Gasteiger partial charge on any atom is -0.393 e. The Morgan fingerprint density at radius 1 is 0.967 bits per heavy atom. The Bertz CT molecular complexity index is 622. The minimum absolute atomic E-state index is 0.0642. The molecule has 0 heterocycles. The van der Waals surface area contributed by atoms with Crippen LogP contribution in [0.25, 0.3) is 0 Å². The van der Waals surface area contributed by atoms with Crippen LogP contribution < -0.4 is 0 Å². The molecule has 0 saturated heterocycles.